The molecule has 0 bridgehead atoms. The number of H-pyrrole nitrogens is 1. The quantitative estimate of drug-likeness (QED) is 0.736. The van der Waals surface area contributed by atoms with Crippen molar-refractivity contribution >= 4 is 16.8 Å². The first-order chi connectivity index (χ1) is 13.3. The Balaban J connectivity index is 1.74. The number of carbonyl (C=O) groups is 1. The number of aromatic nitrogens is 2. The minimum absolute atomic E-state index is 0.0102. The van der Waals surface area contributed by atoms with Crippen molar-refractivity contribution in [1.82, 2.24) is 14.9 Å². The van der Waals surface area contributed by atoms with Gasteiger partial charge in [0.2, 0.25) is 5.91 Å². The molecule has 1 atom stereocenters. The second-order valence-corrected chi connectivity index (χ2v) is 8.14. The lowest BCUT2D eigenvalue weighted by Crippen LogP contribution is -2.49. The van der Waals surface area contributed by atoms with E-state index >= 15 is 0 Å². The fraction of sp³-hybridized carbons (Fsp3) is 0.318. The zero-order chi connectivity index (χ0) is 19.9. The van der Waals surface area contributed by atoms with Gasteiger partial charge in [-0.15, -0.1) is 0 Å². The van der Waals surface area contributed by atoms with Crippen LogP contribution in [0.1, 0.15) is 20.3 Å². The van der Waals surface area contributed by atoms with Crippen LogP contribution in [0.3, 0.4) is 0 Å². The summed E-state index contributed by atoms with van der Waals surface area (Å²) in [6, 6.07) is 15.3. The Labute approximate surface area is 162 Å². The number of nitrogens with one attached hydrogen (secondary N) is 2. The maximum atomic E-state index is 13.1. The van der Waals surface area contributed by atoms with E-state index in [4.69, 9.17) is 0 Å². The van der Waals surface area contributed by atoms with Gasteiger partial charge in [0, 0.05) is 18.5 Å². The van der Waals surface area contributed by atoms with Gasteiger partial charge in [-0.05, 0) is 35.6 Å². The molecule has 2 N–H and O–H groups in total. The van der Waals surface area contributed by atoms with Crippen molar-refractivity contribution < 1.29 is 4.79 Å². The summed E-state index contributed by atoms with van der Waals surface area (Å²) < 4.78 is 1.26. The van der Waals surface area contributed by atoms with Gasteiger partial charge in [0.15, 0.2) is 0 Å². The monoisotopic (exact) mass is 377 g/mol. The summed E-state index contributed by atoms with van der Waals surface area (Å²) in [5, 5.41) is 3.37. The molecule has 3 aromatic rings. The molecule has 28 heavy (non-hydrogen) atoms. The zero-order valence-electron chi connectivity index (χ0n) is 16.0. The Kier molecular flexibility index (Phi) is 4.41. The van der Waals surface area contributed by atoms with Crippen LogP contribution in [0.2, 0.25) is 0 Å². The molecule has 1 amide bonds. The number of piperidine rings is 1. The third-order valence-corrected chi connectivity index (χ3v) is 5.49. The van der Waals surface area contributed by atoms with E-state index in [1.807, 2.05) is 56.3 Å². The minimum atomic E-state index is -0.503. The third-order valence-electron chi connectivity index (χ3n) is 5.49. The molecule has 0 aliphatic carbocycles. The molecule has 144 valence electrons. The Bertz CT molecular complexity index is 1160. The van der Waals surface area contributed by atoms with E-state index in [-0.39, 0.29) is 23.9 Å². The van der Waals surface area contributed by atoms with Crippen LogP contribution in [0.5, 0.6) is 0 Å². The molecule has 0 saturated carbocycles. The number of aromatic amines is 1. The summed E-state index contributed by atoms with van der Waals surface area (Å²) in [6.07, 6.45) is 0.632. The van der Waals surface area contributed by atoms with E-state index in [0.717, 1.165) is 11.1 Å². The highest BCUT2D eigenvalue weighted by atomic mass is 16.2. The average molecular weight is 377 g/mol. The summed E-state index contributed by atoms with van der Waals surface area (Å²) in [5.41, 5.74) is 1.25. The number of rotatable bonds is 3. The van der Waals surface area contributed by atoms with Crippen LogP contribution < -0.4 is 16.6 Å². The van der Waals surface area contributed by atoms with Crippen molar-refractivity contribution in [2.45, 2.75) is 26.8 Å². The molecule has 1 fully saturated rings. The second-order valence-electron chi connectivity index (χ2n) is 8.14. The number of amides is 1. The van der Waals surface area contributed by atoms with Crippen LogP contribution in [-0.2, 0) is 11.3 Å². The number of carbonyl (C=O) groups excluding carboxylic acids is 1. The molecule has 2 aromatic carbocycles. The van der Waals surface area contributed by atoms with Gasteiger partial charge in [-0.25, -0.2) is 4.79 Å². The zero-order valence-corrected chi connectivity index (χ0v) is 16.0. The van der Waals surface area contributed by atoms with Crippen LogP contribution >= 0.6 is 0 Å². The van der Waals surface area contributed by atoms with Gasteiger partial charge >= 0.3 is 5.69 Å². The number of benzene rings is 2. The Hall–Kier alpha value is -3.15. The fourth-order valence-electron chi connectivity index (χ4n) is 3.98. The molecule has 6 nitrogen and oxygen atoms in total. The van der Waals surface area contributed by atoms with Gasteiger partial charge in [-0.1, -0.05) is 50.2 Å². The minimum Gasteiger partial charge on any atom is -0.355 e. The highest BCUT2D eigenvalue weighted by Crippen LogP contribution is 2.29. The number of fused-ring (bicyclic) bond motifs is 1. The lowest BCUT2D eigenvalue weighted by molar-refractivity contribution is -0.133. The highest BCUT2D eigenvalue weighted by molar-refractivity contribution is 5.84. The second kappa shape index (κ2) is 6.78. The molecule has 6 heteroatoms. The van der Waals surface area contributed by atoms with E-state index in [2.05, 4.69) is 10.3 Å². The number of hydrogen-bond acceptors (Lipinski definition) is 3. The molecular weight excluding hydrogens is 354 g/mol. The van der Waals surface area contributed by atoms with Crippen LogP contribution in [0, 0.1) is 11.3 Å². The molecule has 1 aromatic heterocycles. The number of hydrogen-bond donors (Lipinski definition) is 2. The first kappa shape index (κ1) is 18.2. The first-order valence-electron chi connectivity index (χ1n) is 9.46. The Morgan fingerprint density at radius 1 is 1.04 bits per heavy atom. The summed E-state index contributed by atoms with van der Waals surface area (Å²) in [7, 11) is 0. The van der Waals surface area contributed by atoms with Gasteiger partial charge in [0.1, 0.15) is 0 Å². The van der Waals surface area contributed by atoms with Crippen LogP contribution in [0.25, 0.3) is 22.0 Å². The molecule has 1 unspecified atom stereocenters. The average Bonchev–Trinajstić information content (AvgIpc) is 2.68. The summed E-state index contributed by atoms with van der Waals surface area (Å²) in [4.78, 5) is 40.4. The maximum Gasteiger partial charge on any atom is 0.328 e. The molecule has 2 heterocycles. The van der Waals surface area contributed by atoms with Crippen molar-refractivity contribution in [2.75, 3.05) is 6.54 Å². The van der Waals surface area contributed by atoms with Gasteiger partial charge in [-0.3, -0.25) is 14.2 Å². The smallest absolute Gasteiger partial charge is 0.328 e. The lowest BCUT2D eigenvalue weighted by Gasteiger charge is -2.34. The SMILES string of the molecule is CC1(C)CC(Cn2c(=O)[nH]c3ccc(-c4ccccc4)cc3c2=O)CNC1=O. The molecule has 0 spiro atoms. The molecular formula is C22H23N3O3. The van der Waals surface area contributed by atoms with E-state index < -0.39 is 11.1 Å². The molecule has 1 saturated heterocycles. The van der Waals surface area contributed by atoms with E-state index in [1.54, 1.807) is 6.07 Å². The van der Waals surface area contributed by atoms with E-state index in [9.17, 15) is 14.4 Å². The summed E-state index contributed by atoms with van der Waals surface area (Å²) in [5.74, 6) is 0.0391. The summed E-state index contributed by atoms with van der Waals surface area (Å²) in [6.45, 7) is 4.52. The summed E-state index contributed by atoms with van der Waals surface area (Å²) >= 11 is 0. The Morgan fingerprint density at radius 3 is 2.50 bits per heavy atom. The molecule has 0 radical (unpaired) electrons. The van der Waals surface area contributed by atoms with Crippen molar-refractivity contribution in [3.05, 3.63) is 69.4 Å². The van der Waals surface area contributed by atoms with Crippen LogP contribution in [-0.4, -0.2) is 22.0 Å². The maximum absolute atomic E-state index is 13.1. The number of nitrogens with zero attached hydrogens (tertiary/aromatic N) is 1. The fourth-order valence-corrected chi connectivity index (χ4v) is 3.98. The normalized spacial score (nSPS) is 18.8. The van der Waals surface area contributed by atoms with Crippen molar-refractivity contribution in [2.24, 2.45) is 11.3 Å². The van der Waals surface area contributed by atoms with Gasteiger partial charge < -0.3 is 10.3 Å². The first-order valence-corrected chi connectivity index (χ1v) is 9.46. The van der Waals surface area contributed by atoms with Crippen LogP contribution in [0.4, 0.5) is 0 Å². The van der Waals surface area contributed by atoms with E-state index in [1.165, 1.54) is 4.57 Å². The van der Waals surface area contributed by atoms with Gasteiger partial charge in [0.05, 0.1) is 10.9 Å². The Morgan fingerprint density at radius 2 is 1.79 bits per heavy atom. The van der Waals surface area contributed by atoms with Crippen LogP contribution in [0.15, 0.2) is 58.1 Å². The standard InChI is InChI=1S/C22H23N3O3/c1-22(2)11-14(12-23-20(22)27)13-25-19(26)17-10-16(15-6-4-3-5-7-15)8-9-18(17)24-21(25)28/h3-10,14H,11-13H2,1-2H3,(H,23,27)(H,24,28). The largest absolute Gasteiger partial charge is 0.355 e. The highest BCUT2D eigenvalue weighted by Gasteiger charge is 2.35. The van der Waals surface area contributed by atoms with Crippen molar-refractivity contribution in [1.29, 1.82) is 0 Å². The molecule has 4 rings (SSSR count). The molecule has 1 aliphatic rings. The van der Waals surface area contributed by atoms with Gasteiger partial charge in [0.25, 0.3) is 5.56 Å². The van der Waals surface area contributed by atoms with Crippen molar-refractivity contribution in [3.63, 3.8) is 0 Å². The topological polar surface area (TPSA) is 84.0 Å². The van der Waals surface area contributed by atoms with Crippen molar-refractivity contribution in [3.8, 4) is 11.1 Å². The third kappa shape index (κ3) is 3.26. The predicted octanol–water partition coefficient (Wildman–Crippen LogP) is 2.52. The van der Waals surface area contributed by atoms with E-state index in [0.29, 0.717) is 23.9 Å². The van der Waals surface area contributed by atoms with Gasteiger partial charge in [-0.2, -0.15) is 0 Å². The lowest BCUT2D eigenvalue weighted by atomic mass is 9.79. The molecule has 1 aliphatic heterocycles. The predicted molar refractivity (Wildman–Crippen MR) is 109 cm³/mol.